The van der Waals surface area contributed by atoms with Crippen LogP contribution in [-0.2, 0) is 6.42 Å². The topological polar surface area (TPSA) is 30.8 Å². The van der Waals surface area contributed by atoms with E-state index in [1.807, 2.05) is 43.5 Å². The molecule has 0 spiro atoms. The van der Waals surface area contributed by atoms with Gasteiger partial charge in [0.2, 0.25) is 0 Å². The second kappa shape index (κ2) is 8.99. The smallest absolute Gasteiger partial charge is 0.161 e. The molecule has 0 saturated heterocycles. The van der Waals surface area contributed by atoms with Gasteiger partial charge in [-0.2, -0.15) is 0 Å². The Labute approximate surface area is 139 Å². The van der Waals surface area contributed by atoms with Crippen LogP contribution < -0.4 is 9.47 Å². The first kappa shape index (κ1) is 17.1. The van der Waals surface area contributed by atoms with Crippen LogP contribution in [0, 0.1) is 0 Å². The van der Waals surface area contributed by atoms with Gasteiger partial charge in [-0.15, -0.1) is 0 Å². The third-order valence-corrected chi connectivity index (χ3v) is 3.44. The molecule has 122 valence electrons. The first-order valence-electron chi connectivity index (χ1n) is 8.29. The maximum atomic E-state index is 5.71. The van der Waals surface area contributed by atoms with Crippen molar-refractivity contribution in [1.29, 1.82) is 0 Å². The molecular formula is C20H25NO2. The fourth-order valence-electron chi connectivity index (χ4n) is 2.17. The van der Waals surface area contributed by atoms with Crippen LogP contribution in [0.3, 0.4) is 0 Å². The average molecular weight is 311 g/mol. The molecule has 2 aromatic rings. The highest BCUT2D eigenvalue weighted by Gasteiger charge is 2.05. The summed E-state index contributed by atoms with van der Waals surface area (Å²) in [5.41, 5.74) is 3.27. The molecule has 3 heteroatoms. The lowest BCUT2D eigenvalue weighted by Crippen LogP contribution is -2.00. The van der Waals surface area contributed by atoms with Crippen LogP contribution in [-0.4, -0.2) is 19.4 Å². The first-order valence-corrected chi connectivity index (χ1v) is 8.29. The molecule has 0 aliphatic heterocycles. The van der Waals surface area contributed by atoms with Crippen LogP contribution >= 0.6 is 0 Å². The number of ether oxygens (including phenoxy) is 2. The zero-order valence-corrected chi connectivity index (χ0v) is 14.2. The summed E-state index contributed by atoms with van der Waals surface area (Å²) in [5.74, 6) is 1.56. The minimum Gasteiger partial charge on any atom is -0.490 e. The van der Waals surface area contributed by atoms with Crippen LogP contribution in [0.25, 0.3) is 0 Å². The molecule has 0 aliphatic carbocycles. The number of rotatable bonds is 8. The van der Waals surface area contributed by atoms with Gasteiger partial charge in [0.15, 0.2) is 11.5 Å². The predicted molar refractivity (Wildman–Crippen MR) is 96.5 cm³/mol. The van der Waals surface area contributed by atoms with Crippen molar-refractivity contribution in [3.05, 3.63) is 53.6 Å². The van der Waals surface area contributed by atoms with E-state index in [0.717, 1.165) is 35.6 Å². The largest absolute Gasteiger partial charge is 0.490 e. The Hall–Kier alpha value is -2.29. The van der Waals surface area contributed by atoms with Crippen LogP contribution in [0.15, 0.2) is 47.5 Å². The second-order valence-electron chi connectivity index (χ2n) is 5.27. The molecule has 0 radical (unpaired) electrons. The molecule has 0 heterocycles. The fourth-order valence-corrected chi connectivity index (χ4v) is 2.17. The molecule has 2 aromatic carbocycles. The summed E-state index contributed by atoms with van der Waals surface area (Å²) in [6.07, 6.45) is 3.87. The summed E-state index contributed by atoms with van der Waals surface area (Å²) in [4.78, 5) is 4.52. The lowest BCUT2D eigenvalue weighted by Gasteiger charge is -2.11. The lowest BCUT2D eigenvalue weighted by atomic mass is 10.1. The van der Waals surface area contributed by atoms with Gasteiger partial charge in [-0.25, -0.2) is 0 Å². The van der Waals surface area contributed by atoms with E-state index in [1.165, 1.54) is 5.56 Å². The minimum absolute atomic E-state index is 0.613. The number of hydrogen-bond donors (Lipinski definition) is 0. The van der Waals surface area contributed by atoms with Gasteiger partial charge in [0, 0.05) is 6.21 Å². The molecule has 0 amide bonds. The molecule has 23 heavy (non-hydrogen) atoms. The van der Waals surface area contributed by atoms with Crippen molar-refractivity contribution in [3.8, 4) is 11.5 Å². The van der Waals surface area contributed by atoms with E-state index in [2.05, 4.69) is 31.0 Å². The highest BCUT2D eigenvalue weighted by Crippen LogP contribution is 2.28. The van der Waals surface area contributed by atoms with Crippen molar-refractivity contribution in [2.75, 3.05) is 13.2 Å². The molecule has 0 unspecified atom stereocenters. The van der Waals surface area contributed by atoms with Crippen molar-refractivity contribution in [2.45, 2.75) is 33.6 Å². The molecule has 0 saturated carbocycles. The highest BCUT2D eigenvalue weighted by atomic mass is 16.5. The average Bonchev–Trinajstić information content (AvgIpc) is 2.60. The monoisotopic (exact) mass is 311 g/mol. The van der Waals surface area contributed by atoms with Crippen molar-refractivity contribution in [1.82, 2.24) is 0 Å². The fraction of sp³-hybridized carbons (Fsp3) is 0.350. The maximum absolute atomic E-state index is 5.71. The van der Waals surface area contributed by atoms with Crippen molar-refractivity contribution < 1.29 is 9.47 Å². The van der Waals surface area contributed by atoms with Gasteiger partial charge in [-0.05, 0) is 61.2 Å². The molecule has 0 atom stereocenters. The Balaban J connectivity index is 2.14. The standard InChI is InChI=1S/C20H25NO2/c1-4-13-23-19-12-9-17(14-20(19)22-6-3)15-21-18-10-7-16(5-2)8-11-18/h7-12,14-15H,4-6,13H2,1-3H3. The van der Waals surface area contributed by atoms with E-state index in [4.69, 9.17) is 9.47 Å². The third kappa shape index (κ3) is 5.13. The Morgan fingerprint density at radius 2 is 1.70 bits per heavy atom. The van der Waals surface area contributed by atoms with E-state index in [0.29, 0.717) is 13.2 Å². The van der Waals surface area contributed by atoms with Gasteiger partial charge in [-0.1, -0.05) is 26.0 Å². The Morgan fingerprint density at radius 3 is 2.35 bits per heavy atom. The highest BCUT2D eigenvalue weighted by molar-refractivity contribution is 5.83. The van der Waals surface area contributed by atoms with E-state index < -0.39 is 0 Å². The lowest BCUT2D eigenvalue weighted by molar-refractivity contribution is 0.277. The zero-order valence-electron chi connectivity index (χ0n) is 14.2. The van der Waals surface area contributed by atoms with Crippen molar-refractivity contribution in [2.24, 2.45) is 4.99 Å². The third-order valence-electron chi connectivity index (χ3n) is 3.44. The molecular weight excluding hydrogens is 286 g/mol. The predicted octanol–water partition coefficient (Wildman–Crippen LogP) is 5.19. The van der Waals surface area contributed by atoms with Gasteiger partial charge >= 0.3 is 0 Å². The van der Waals surface area contributed by atoms with Gasteiger partial charge in [0.05, 0.1) is 18.9 Å². The summed E-state index contributed by atoms with van der Waals surface area (Å²) >= 11 is 0. The minimum atomic E-state index is 0.613. The van der Waals surface area contributed by atoms with Crippen molar-refractivity contribution in [3.63, 3.8) is 0 Å². The van der Waals surface area contributed by atoms with Crippen LogP contribution in [0.2, 0.25) is 0 Å². The van der Waals surface area contributed by atoms with Crippen LogP contribution in [0.5, 0.6) is 11.5 Å². The first-order chi connectivity index (χ1) is 11.3. The number of benzene rings is 2. The van der Waals surface area contributed by atoms with E-state index in [1.54, 1.807) is 0 Å². The molecule has 0 N–H and O–H groups in total. The van der Waals surface area contributed by atoms with Gasteiger partial charge in [0.25, 0.3) is 0 Å². The van der Waals surface area contributed by atoms with E-state index >= 15 is 0 Å². The van der Waals surface area contributed by atoms with Gasteiger partial charge in [0.1, 0.15) is 0 Å². The summed E-state index contributed by atoms with van der Waals surface area (Å²) in [7, 11) is 0. The second-order valence-corrected chi connectivity index (χ2v) is 5.27. The normalized spacial score (nSPS) is 10.9. The van der Waals surface area contributed by atoms with E-state index in [-0.39, 0.29) is 0 Å². The summed E-state index contributed by atoms with van der Waals surface area (Å²) in [6, 6.07) is 14.2. The van der Waals surface area contributed by atoms with Crippen LogP contribution in [0.4, 0.5) is 5.69 Å². The Bertz CT molecular complexity index is 633. The molecule has 0 fully saturated rings. The zero-order chi connectivity index (χ0) is 16.5. The van der Waals surface area contributed by atoms with Crippen LogP contribution in [0.1, 0.15) is 38.3 Å². The van der Waals surface area contributed by atoms with Crippen molar-refractivity contribution >= 4 is 11.9 Å². The number of hydrogen-bond acceptors (Lipinski definition) is 3. The molecule has 3 nitrogen and oxygen atoms in total. The Kier molecular flexibility index (Phi) is 6.67. The molecule has 2 rings (SSSR count). The summed E-state index contributed by atoms with van der Waals surface area (Å²) < 4.78 is 11.4. The Morgan fingerprint density at radius 1 is 0.913 bits per heavy atom. The quantitative estimate of drug-likeness (QED) is 0.628. The molecule has 0 aliphatic rings. The van der Waals surface area contributed by atoms with E-state index in [9.17, 15) is 0 Å². The molecule has 0 bridgehead atoms. The number of nitrogens with zero attached hydrogens (tertiary/aromatic N) is 1. The van der Waals surface area contributed by atoms with Gasteiger partial charge < -0.3 is 9.47 Å². The molecule has 0 aromatic heterocycles. The maximum Gasteiger partial charge on any atom is 0.161 e. The summed E-state index contributed by atoms with van der Waals surface area (Å²) in [6.45, 7) is 7.51. The summed E-state index contributed by atoms with van der Waals surface area (Å²) in [5, 5.41) is 0. The number of aliphatic imine (C=N–C) groups is 1. The number of aryl methyl sites for hydroxylation is 1. The SMILES string of the molecule is CCCOc1ccc(C=Nc2ccc(CC)cc2)cc1OCC. The van der Waals surface area contributed by atoms with Gasteiger partial charge in [-0.3, -0.25) is 4.99 Å².